The van der Waals surface area contributed by atoms with E-state index in [4.69, 9.17) is 0 Å². The molecule has 0 aromatic rings. The first-order chi connectivity index (χ1) is 9.50. The number of carbonyl (C=O) groups excluding carboxylic acids is 2. The Morgan fingerprint density at radius 2 is 1.95 bits per heavy atom. The summed E-state index contributed by atoms with van der Waals surface area (Å²) in [6.07, 6.45) is 6.16. The number of nitrogens with one attached hydrogen (secondary N) is 1. The summed E-state index contributed by atoms with van der Waals surface area (Å²) >= 11 is 0. The Balaban J connectivity index is 2.06. The molecule has 0 aromatic carbocycles. The smallest absolute Gasteiger partial charge is 0.237 e. The van der Waals surface area contributed by atoms with Gasteiger partial charge in [0.2, 0.25) is 5.91 Å². The molecular weight excluding hydrogens is 252 g/mol. The summed E-state index contributed by atoms with van der Waals surface area (Å²) in [7, 11) is 0. The molecule has 4 nitrogen and oxygen atoms in total. The highest BCUT2D eigenvalue weighted by Crippen LogP contribution is 2.33. The topological polar surface area (TPSA) is 49.4 Å². The van der Waals surface area contributed by atoms with Crippen molar-refractivity contribution >= 4 is 11.7 Å². The Kier molecular flexibility index (Phi) is 5.19. The third-order valence-corrected chi connectivity index (χ3v) is 4.72. The van der Waals surface area contributed by atoms with Crippen LogP contribution in [0.25, 0.3) is 0 Å². The highest BCUT2D eigenvalue weighted by atomic mass is 16.2. The molecule has 20 heavy (non-hydrogen) atoms. The van der Waals surface area contributed by atoms with E-state index < -0.39 is 0 Å². The van der Waals surface area contributed by atoms with Gasteiger partial charge in [-0.2, -0.15) is 0 Å². The molecule has 4 heteroatoms. The van der Waals surface area contributed by atoms with Gasteiger partial charge in [0.1, 0.15) is 5.78 Å². The fourth-order valence-corrected chi connectivity index (χ4v) is 3.70. The molecule has 0 spiro atoms. The molecule has 1 amide bonds. The van der Waals surface area contributed by atoms with Crippen molar-refractivity contribution < 1.29 is 9.59 Å². The van der Waals surface area contributed by atoms with Crippen molar-refractivity contribution in [3.05, 3.63) is 0 Å². The van der Waals surface area contributed by atoms with Crippen LogP contribution in [-0.2, 0) is 9.59 Å². The number of carbonyl (C=O) groups is 2. The summed E-state index contributed by atoms with van der Waals surface area (Å²) in [5.74, 6) is 0.681. The summed E-state index contributed by atoms with van der Waals surface area (Å²) in [5.41, 5.74) is 0. The average molecular weight is 280 g/mol. The van der Waals surface area contributed by atoms with Gasteiger partial charge >= 0.3 is 0 Å². The van der Waals surface area contributed by atoms with Gasteiger partial charge in [0.15, 0.2) is 0 Å². The molecule has 2 rings (SSSR count). The number of likely N-dealkylation sites (tertiary alicyclic amines) is 1. The van der Waals surface area contributed by atoms with Crippen molar-refractivity contribution in [2.45, 2.75) is 77.4 Å². The quantitative estimate of drug-likeness (QED) is 0.858. The van der Waals surface area contributed by atoms with Crippen LogP contribution in [0, 0.1) is 5.92 Å². The van der Waals surface area contributed by atoms with Crippen LogP contribution in [0.3, 0.4) is 0 Å². The molecule has 1 heterocycles. The zero-order valence-electron chi connectivity index (χ0n) is 13.0. The number of hydrogen-bond donors (Lipinski definition) is 1. The number of ketones is 1. The molecule has 0 aromatic heterocycles. The van der Waals surface area contributed by atoms with E-state index in [1.165, 1.54) is 6.42 Å². The number of Topliss-reactive ketones (excluding diaryl/α,β-unsaturated/α-hetero) is 1. The molecule has 1 saturated carbocycles. The Hall–Kier alpha value is -0.900. The molecule has 114 valence electrons. The van der Waals surface area contributed by atoms with Gasteiger partial charge in [-0.3, -0.25) is 14.5 Å². The minimum absolute atomic E-state index is 0.0948. The van der Waals surface area contributed by atoms with E-state index in [2.05, 4.69) is 10.2 Å². The maximum atomic E-state index is 12.3. The Morgan fingerprint density at radius 3 is 2.55 bits per heavy atom. The van der Waals surface area contributed by atoms with Crippen LogP contribution < -0.4 is 5.32 Å². The normalized spacial score (nSPS) is 29.7. The average Bonchev–Trinajstić information content (AvgIpc) is 2.83. The van der Waals surface area contributed by atoms with Crippen molar-refractivity contribution in [1.29, 1.82) is 0 Å². The fraction of sp³-hybridized carbons (Fsp3) is 0.875. The third-order valence-electron chi connectivity index (χ3n) is 4.72. The SMILES string of the molecule is CC(C)NC(=O)C(C)N1CCCCC1C1CCCC1=O. The lowest BCUT2D eigenvalue weighted by molar-refractivity contribution is -0.131. The first-order valence-electron chi connectivity index (χ1n) is 8.09. The highest BCUT2D eigenvalue weighted by Gasteiger charge is 2.39. The van der Waals surface area contributed by atoms with E-state index in [9.17, 15) is 9.59 Å². The van der Waals surface area contributed by atoms with Gasteiger partial charge in [-0.05, 0) is 53.0 Å². The van der Waals surface area contributed by atoms with Crippen molar-refractivity contribution in [1.82, 2.24) is 10.2 Å². The van der Waals surface area contributed by atoms with Gasteiger partial charge in [-0.15, -0.1) is 0 Å². The number of amides is 1. The summed E-state index contributed by atoms with van der Waals surface area (Å²) in [4.78, 5) is 26.6. The van der Waals surface area contributed by atoms with Crippen molar-refractivity contribution in [3.63, 3.8) is 0 Å². The number of piperidine rings is 1. The predicted molar refractivity (Wildman–Crippen MR) is 79.4 cm³/mol. The molecule has 1 saturated heterocycles. The third kappa shape index (κ3) is 3.40. The molecule has 1 N–H and O–H groups in total. The maximum Gasteiger partial charge on any atom is 0.237 e. The van der Waals surface area contributed by atoms with Crippen LogP contribution in [-0.4, -0.2) is 41.3 Å². The van der Waals surface area contributed by atoms with Crippen LogP contribution in [0.2, 0.25) is 0 Å². The van der Waals surface area contributed by atoms with E-state index in [1.807, 2.05) is 20.8 Å². The Bertz CT molecular complexity index is 367. The zero-order chi connectivity index (χ0) is 14.7. The van der Waals surface area contributed by atoms with Crippen LogP contribution >= 0.6 is 0 Å². The Labute approximate surface area is 122 Å². The van der Waals surface area contributed by atoms with E-state index in [0.717, 1.165) is 38.6 Å². The van der Waals surface area contributed by atoms with Gasteiger partial charge in [0.25, 0.3) is 0 Å². The van der Waals surface area contributed by atoms with E-state index in [-0.39, 0.29) is 30.0 Å². The second-order valence-corrected chi connectivity index (χ2v) is 6.61. The molecule has 2 aliphatic rings. The van der Waals surface area contributed by atoms with Crippen LogP contribution in [0.15, 0.2) is 0 Å². The molecular formula is C16H28N2O2. The maximum absolute atomic E-state index is 12.3. The summed E-state index contributed by atoms with van der Waals surface area (Å²) in [6.45, 7) is 6.90. The van der Waals surface area contributed by atoms with Gasteiger partial charge in [0, 0.05) is 24.4 Å². The van der Waals surface area contributed by atoms with E-state index in [0.29, 0.717) is 5.78 Å². The lowest BCUT2D eigenvalue weighted by Crippen LogP contribution is -2.55. The number of rotatable bonds is 4. The van der Waals surface area contributed by atoms with Crippen molar-refractivity contribution in [2.75, 3.05) is 6.54 Å². The van der Waals surface area contributed by atoms with Gasteiger partial charge < -0.3 is 5.32 Å². The minimum Gasteiger partial charge on any atom is -0.353 e. The number of nitrogens with zero attached hydrogens (tertiary/aromatic N) is 1. The summed E-state index contributed by atoms with van der Waals surface area (Å²) < 4.78 is 0. The number of hydrogen-bond acceptors (Lipinski definition) is 3. The van der Waals surface area contributed by atoms with Crippen molar-refractivity contribution in [3.8, 4) is 0 Å². The van der Waals surface area contributed by atoms with Gasteiger partial charge in [-0.1, -0.05) is 6.42 Å². The summed E-state index contributed by atoms with van der Waals surface area (Å²) in [5, 5.41) is 3.00. The molecule has 0 radical (unpaired) electrons. The lowest BCUT2D eigenvalue weighted by atomic mass is 9.87. The standard InChI is InChI=1S/C16H28N2O2/c1-11(2)17-16(20)12(3)18-10-5-4-8-14(18)13-7-6-9-15(13)19/h11-14H,4-10H2,1-3H3,(H,17,20). The summed E-state index contributed by atoms with van der Waals surface area (Å²) in [6, 6.07) is 0.323. The van der Waals surface area contributed by atoms with Crippen LogP contribution in [0.5, 0.6) is 0 Å². The predicted octanol–water partition coefficient (Wildman–Crippen LogP) is 2.12. The van der Waals surface area contributed by atoms with Crippen LogP contribution in [0.4, 0.5) is 0 Å². The largest absolute Gasteiger partial charge is 0.353 e. The van der Waals surface area contributed by atoms with Gasteiger partial charge in [0.05, 0.1) is 6.04 Å². The molecule has 1 aliphatic heterocycles. The van der Waals surface area contributed by atoms with E-state index in [1.54, 1.807) is 0 Å². The lowest BCUT2D eigenvalue weighted by Gasteiger charge is -2.41. The second-order valence-electron chi connectivity index (χ2n) is 6.61. The molecule has 1 aliphatic carbocycles. The van der Waals surface area contributed by atoms with E-state index >= 15 is 0 Å². The minimum atomic E-state index is -0.129. The zero-order valence-corrected chi connectivity index (χ0v) is 13.0. The first-order valence-corrected chi connectivity index (χ1v) is 8.09. The molecule has 3 unspecified atom stereocenters. The molecule has 2 fully saturated rings. The van der Waals surface area contributed by atoms with Gasteiger partial charge in [-0.25, -0.2) is 0 Å². The highest BCUT2D eigenvalue weighted by molar-refractivity contribution is 5.84. The fourth-order valence-electron chi connectivity index (χ4n) is 3.70. The first kappa shape index (κ1) is 15.5. The molecule has 3 atom stereocenters. The monoisotopic (exact) mass is 280 g/mol. The van der Waals surface area contributed by atoms with Crippen molar-refractivity contribution in [2.24, 2.45) is 5.92 Å². The van der Waals surface area contributed by atoms with Crippen LogP contribution in [0.1, 0.15) is 59.3 Å². The second kappa shape index (κ2) is 6.70. The Morgan fingerprint density at radius 1 is 1.20 bits per heavy atom. The molecule has 0 bridgehead atoms.